The van der Waals surface area contributed by atoms with Gasteiger partial charge in [-0.05, 0) is 23.8 Å². The monoisotopic (exact) mass is 378 g/mol. The molecule has 0 aromatic heterocycles. The number of ether oxygens (including phenoxy) is 3. The van der Waals surface area contributed by atoms with Crippen molar-refractivity contribution in [3.63, 3.8) is 0 Å². The minimum atomic E-state index is -0.406. The van der Waals surface area contributed by atoms with Crippen LogP contribution in [0.15, 0.2) is 24.3 Å². The Balaban J connectivity index is 2.81. The first-order valence-electron chi connectivity index (χ1n) is 8.41. The van der Waals surface area contributed by atoms with E-state index >= 15 is 0 Å². The molecule has 0 fully saturated rings. The zero-order valence-corrected chi connectivity index (χ0v) is 16.1. The number of hydrogen-bond acceptors (Lipinski definition) is 6. The third-order valence-electron chi connectivity index (χ3n) is 3.71. The van der Waals surface area contributed by atoms with Crippen molar-refractivity contribution in [1.82, 2.24) is 10.2 Å². The Morgan fingerprint density at radius 1 is 1.07 bits per heavy atom. The van der Waals surface area contributed by atoms with Gasteiger partial charge in [-0.25, -0.2) is 0 Å². The van der Waals surface area contributed by atoms with Crippen molar-refractivity contribution in [3.05, 3.63) is 29.8 Å². The van der Waals surface area contributed by atoms with Gasteiger partial charge < -0.3 is 24.4 Å². The van der Waals surface area contributed by atoms with Crippen molar-refractivity contribution >= 4 is 23.9 Å². The van der Waals surface area contributed by atoms with Gasteiger partial charge in [0.15, 0.2) is 11.5 Å². The van der Waals surface area contributed by atoms with Gasteiger partial charge in [0, 0.05) is 32.6 Å². The number of methoxy groups -OCH3 is 3. The maximum absolute atomic E-state index is 12.5. The molecule has 0 bridgehead atoms. The minimum Gasteiger partial charge on any atom is -0.493 e. The van der Waals surface area contributed by atoms with Crippen molar-refractivity contribution in [1.29, 1.82) is 0 Å². The molecule has 0 unspecified atom stereocenters. The highest BCUT2D eigenvalue weighted by atomic mass is 16.5. The van der Waals surface area contributed by atoms with E-state index in [1.54, 1.807) is 31.4 Å². The zero-order valence-electron chi connectivity index (χ0n) is 16.1. The van der Waals surface area contributed by atoms with Crippen LogP contribution in [0.2, 0.25) is 0 Å². The number of nitrogens with zero attached hydrogens (tertiary/aromatic N) is 1. The molecule has 0 saturated carbocycles. The summed E-state index contributed by atoms with van der Waals surface area (Å²) in [6, 6.07) is 5.29. The molecule has 0 atom stereocenters. The Kier molecular flexibility index (Phi) is 9.42. The Labute approximate surface area is 159 Å². The van der Waals surface area contributed by atoms with Crippen molar-refractivity contribution in [2.45, 2.75) is 13.3 Å². The van der Waals surface area contributed by atoms with Crippen LogP contribution in [0, 0.1) is 0 Å². The second-order valence-corrected chi connectivity index (χ2v) is 5.58. The van der Waals surface area contributed by atoms with Gasteiger partial charge in [0.1, 0.15) is 0 Å². The van der Waals surface area contributed by atoms with E-state index in [0.29, 0.717) is 18.0 Å². The Morgan fingerprint density at radius 3 is 2.37 bits per heavy atom. The Hall–Kier alpha value is -3.03. The van der Waals surface area contributed by atoms with Crippen molar-refractivity contribution < 1.29 is 28.6 Å². The molecule has 2 amide bonds. The second-order valence-electron chi connectivity index (χ2n) is 5.58. The lowest BCUT2D eigenvalue weighted by Crippen LogP contribution is -2.38. The summed E-state index contributed by atoms with van der Waals surface area (Å²) in [5, 5.41) is 2.63. The lowest BCUT2D eigenvalue weighted by molar-refractivity contribution is -0.141. The SMILES string of the molecule is COC(=O)CCN(CCNC(C)=O)C(=O)/C=C/c1ccc(OC)c(OC)c1. The summed E-state index contributed by atoms with van der Waals surface area (Å²) in [4.78, 5) is 36.3. The van der Waals surface area contributed by atoms with Gasteiger partial charge >= 0.3 is 5.97 Å². The fraction of sp³-hybridized carbons (Fsp3) is 0.421. The summed E-state index contributed by atoms with van der Waals surface area (Å²) >= 11 is 0. The Bertz CT molecular complexity index is 687. The van der Waals surface area contributed by atoms with E-state index in [-0.39, 0.29) is 31.3 Å². The highest BCUT2D eigenvalue weighted by Gasteiger charge is 2.13. The van der Waals surface area contributed by atoms with Gasteiger partial charge in [0.2, 0.25) is 11.8 Å². The summed E-state index contributed by atoms with van der Waals surface area (Å²) in [6.07, 6.45) is 3.13. The van der Waals surface area contributed by atoms with Gasteiger partial charge in [-0.15, -0.1) is 0 Å². The topological polar surface area (TPSA) is 94.2 Å². The summed E-state index contributed by atoms with van der Waals surface area (Å²) in [5.74, 6) is 0.280. The molecule has 0 saturated heterocycles. The van der Waals surface area contributed by atoms with Gasteiger partial charge in [-0.2, -0.15) is 0 Å². The molecule has 0 spiro atoms. The number of amides is 2. The van der Waals surface area contributed by atoms with Gasteiger partial charge in [0.25, 0.3) is 0 Å². The van der Waals surface area contributed by atoms with Crippen LogP contribution >= 0.6 is 0 Å². The van der Waals surface area contributed by atoms with E-state index in [2.05, 4.69) is 10.1 Å². The number of esters is 1. The summed E-state index contributed by atoms with van der Waals surface area (Å²) in [5.41, 5.74) is 0.760. The fourth-order valence-corrected chi connectivity index (χ4v) is 2.26. The van der Waals surface area contributed by atoms with Gasteiger partial charge in [0.05, 0.1) is 27.8 Å². The summed E-state index contributed by atoms with van der Waals surface area (Å²) in [7, 11) is 4.38. The average Bonchev–Trinajstić information content (AvgIpc) is 2.67. The van der Waals surface area contributed by atoms with Crippen LogP contribution in [0.1, 0.15) is 18.9 Å². The molecule has 0 aliphatic rings. The quantitative estimate of drug-likeness (QED) is 0.486. The van der Waals surface area contributed by atoms with E-state index in [0.717, 1.165) is 5.56 Å². The van der Waals surface area contributed by atoms with E-state index in [9.17, 15) is 14.4 Å². The molecular formula is C19H26N2O6. The molecular weight excluding hydrogens is 352 g/mol. The standard InChI is InChI=1S/C19H26N2O6/c1-14(22)20-10-12-21(11-9-19(24)27-4)18(23)8-6-15-5-7-16(25-2)17(13-15)26-3/h5-8,13H,9-12H2,1-4H3,(H,20,22)/b8-6+. The van der Waals surface area contributed by atoms with Crippen LogP contribution < -0.4 is 14.8 Å². The normalized spacial score (nSPS) is 10.4. The third kappa shape index (κ3) is 7.81. The van der Waals surface area contributed by atoms with Crippen molar-refractivity contribution in [2.75, 3.05) is 41.0 Å². The highest BCUT2D eigenvalue weighted by molar-refractivity contribution is 5.92. The van der Waals surface area contributed by atoms with Crippen molar-refractivity contribution in [2.24, 2.45) is 0 Å². The smallest absolute Gasteiger partial charge is 0.307 e. The fourth-order valence-electron chi connectivity index (χ4n) is 2.26. The van der Waals surface area contributed by atoms with E-state index in [4.69, 9.17) is 9.47 Å². The number of rotatable bonds is 10. The maximum Gasteiger partial charge on any atom is 0.307 e. The Morgan fingerprint density at radius 2 is 1.78 bits per heavy atom. The van der Waals surface area contributed by atoms with Crippen LogP contribution in [0.3, 0.4) is 0 Å². The number of hydrogen-bond donors (Lipinski definition) is 1. The molecule has 0 aliphatic carbocycles. The number of carbonyl (C=O) groups excluding carboxylic acids is 3. The molecule has 0 aliphatic heterocycles. The van der Waals surface area contributed by atoms with Gasteiger partial charge in [-0.3, -0.25) is 14.4 Å². The van der Waals surface area contributed by atoms with Crippen LogP contribution in [0.5, 0.6) is 11.5 Å². The number of nitrogens with one attached hydrogen (secondary N) is 1. The zero-order chi connectivity index (χ0) is 20.2. The molecule has 1 aromatic carbocycles. The maximum atomic E-state index is 12.5. The van der Waals surface area contributed by atoms with Crippen LogP contribution in [-0.2, 0) is 19.1 Å². The van der Waals surface area contributed by atoms with E-state index < -0.39 is 5.97 Å². The molecule has 0 heterocycles. The van der Waals surface area contributed by atoms with E-state index in [1.165, 1.54) is 32.1 Å². The molecule has 1 rings (SSSR count). The molecule has 148 valence electrons. The lowest BCUT2D eigenvalue weighted by Gasteiger charge is -2.20. The van der Waals surface area contributed by atoms with Crippen molar-refractivity contribution in [3.8, 4) is 11.5 Å². The number of benzene rings is 1. The first kappa shape index (κ1) is 22.0. The predicted octanol–water partition coefficient (Wildman–Crippen LogP) is 1.24. The van der Waals surface area contributed by atoms with E-state index in [1.807, 2.05) is 0 Å². The summed E-state index contributed by atoms with van der Waals surface area (Å²) in [6.45, 7) is 2.18. The molecule has 1 N–H and O–H groups in total. The molecule has 27 heavy (non-hydrogen) atoms. The first-order valence-corrected chi connectivity index (χ1v) is 8.41. The van der Waals surface area contributed by atoms with Gasteiger partial charge in [-0.1, -0.05) is 6.07 Å². The minimum absolute atomic E-state index is 0.0759. The first-order chi connectivity index (χ1) is 12.9. The molecule has 8 heteroatoms. The van der Waals surface area contributed by atoms with Crippen LogP contribution in [0.4, 0.5) is 0 Å². The second kappa shape index (κ2) is 11.6. The average molecular weight is 378 g/mol. The predicted molar refractivity (Wildman–Crippen MR) is 100 cm³/mol. The van der Waals surface area contributed by atoms with Crippen LogP contribution in [0.25, 0.3) is 6.08 Å². The van der Waals surface area contributed by atoms with Crippen LogP contribution in [-0.4, -0.2) is 63.6 Å². The third-order valence-corrected chi connectivity index (χ3v) is 3.71. The number of carbonyl (C=O) groups is 3. The highest BCUT2D eigenvalue weighted by Crippen LogP contribution is 2.27. The summed E-state index contributed by atoms with van der Waals surface area (Å²) < 4.78 is 15.0. The largest absolute Gasteiger partial charge is 0.493 e. The lowest BCUT2D eigenvalue weighted by atomic mass is 10.2. The molecule has 0 radical (unpaired) electrons. The molecule has 1 aromatic rings. The molecule has 8 nitrogen and oxygen atoms in total.